The Balaban J connectivity index is 3.27. The molecule has 0 aliphatic heterocycles. The number of carbonyl (C=O) groups excluding carboxylic acids is 1. The lowest BCUT2D eigenvalue weighted by Crippen LogP contribution is -2.20. The van der Waals surface area contributed by atoms with Crippen molar-refractivity contribution in [1.29, 1.82) is 0 Å². The van der Waals surface area contributed by atoms with E-state index >= 15 is 0 Å². The van der Waals surface area contributed by atoms with Crippen LogP contribution in [0.4, 0.5) is 13.2 Å². The molecule has 0 aliphatic carbocycles. The van der Waals surface area contributed by atoms with E-state index in [0.29, 0.717) is 0 Å². The van der Waals surface area contributed by atoms with Gasteiger partial charge in [0, 0.05) is 6.07 Å². The van der Waals surface area contributed by atoms with E-state index in [-0.39, 0.29) is 15.0 Å². The lowest BCUT2D eigenvalue weighted by Gasteiger charge is -2.12. The molecular formula is C9H7F3INO4. The fourth-order valence-corrected chi connectivity index (χ4v) is 1.63. The molecule has 0 radical (unpaired) electrons. The first kappa shape index (κ1) is 14.8. The van der Waals surface area contributed by atoms with Gasteiger partial charge in [-0.1, -0.05) is 0 Å². The summed E-state index contributed by atoms with van der Waals surface area (Å²) >= 11 is 1.57. The molecule has 9 heteroatoms. The van der Waals surface area contributed by atoms with Crippen molar-refractivity contribution in [3.8, 4) is 11.6 Å². The molecule has 5 nitrogen and oxygen atoms in total. The fourth-order valence-electron chi connectivity index (χ4n) is 1.02. The van der Waals surface area contributed by atoms with Gasteiger partial charge in [0.05, 0.1) is 14.2 Å². The number of methoxy groups -OCH3 is 2. The smallest absolute Gasteiger partial charge is 0.495 e. The molecule has 0 amide bonds. The van der Waals surface area contributed by atoms with E-state index in [9.17, 15) is 18.0 Å². The van der Waals surface area contributed by atoms with Crippen LogP contribution in [0.1, 0.15) is 10.5 Å². The number of nitrogens with zero attached hydrogens (tertiary/aromatic N) is 1. The van der Waals surface area contributed by atoms with Gasteiger partial charge < -0.3 is 14.2 Å². The summed E-state index contributed by atoms with van der Waals surface area (Å²) in [4.78, 5) is 14.7. The van der Waals surface area contributed by atoms with Gasteiger partial charge in [-0.3, -0.25) is 0 Å². The van der Waals surface area contributed by atoms with Gasteiger partial charge in [0.25, 0.3) is 0 Å². The van der Waals surface area contributed by atoms with Crippen molar-refractivity contribution >= 4 is 28.6 Å². The van der Waals surface area contributed by atoms with Crippen molar-refractivity contribution in [3.05, 3.63) is 15.3 Å². The summed E-state index contributed by atoms with van der Waals surface area (Å²) in [5.41, 5.74) is -0.339. The largest absolute Gasteiger partial charge is 0.574 e. The van der Waals surface area contributed by atoms with Crippen molar-refractivity contribution in [3.63, 3.8) is 0 Å². The summed E-state index contributed by atoms with van der Waals surface area (Å²) in [7, 11) is 2.33. The molecule has 0 atom stereocenters. The molecule has 1 aromatic heterocycles. The zero-order valence-corrected chi connectivity index (χ0v) is 11.3. The highest BCUT2D eigenvalue weighted by atomic mass is 127. The Morgan fingerprint density at radius 3 is 2.44 bits per heavy atom. The van der Waals surface area contributed by atoms with Gasteiger partial charge in [0.1, 0.15) is 9.32 Å². The number of halogens is 4. The van der Waals surface area contributed by atoms with Crippen LogP contribution in [0, 0.1) is 3.57 Å². The maximum absolute atomic E-state index is 12.1. The maximum atomic E-state index is 12.1. The first-order chi connectivity index (χ1) is 8.28. The third-order valence-corrected chi connectivity index (χ3v) is 2.71. The average molecular weight is 377 g/mol. The zero-order valence-electron chi connectivity index (χ0n) is 9.17. The third kappa shape index (κ3) is 3.62. The summed E-state index contributed by atoms with van der Waals surface area (Å²) in [6, 6.07) is 1.16. The van der Waals surface area contributed by atoms with Crippen LogP contribution >= 0.6 is 22.6 Å². The van der Waals surface area contributed by atoms with Crippen molar-refractivity contribution < 1.29 is 32.2 Å². The Kier molecular flexibility index (Phi) is 4.59. The van der Waals surface area contributed by atoms with Gasteiger partial charge in [-0.15, -0.1) is 13.2 Å². The molecule has 0 unspecified atom stereocenters. The first-order valence-corrected chi connectivity index (χ1v) is 5.45. The average Bonchev–Trinajstić information content (AvgIpc) is 2.29. The normalized spacial score (nSPS) is 11.0. The number of aromatic nitrogens is 1. The van der Waals surface area contributed by atoms with Gasteiger partial charge >= 0.3 is 12.3 Å². The van der Waals surface area contributed by atoms with Crippen molar-refractivity contribution in [2.24, 2.45) is 0 Å². The Bertz CT molecular complexity index is 464. The van der Waals surface area contributed by atoms with Crippen LogP contribution in [0.2, 0.25) is 0 Å². The van der Waals surface area contributed by atoms with Crippen LogP contribution in [0.15, 0.2) is 6.07 Å². The molecule has 0 saturated heterocycles. The lowest BCUT2D eigenvalue weighted by atomic mass is 10.3. The molecule has 1 aromatic rings. The highest BCUT2D eigenvalue weighted by Gasteiger charge is 2.34. The molecule has 1 rings (SSSR count). The number of esters is 1. The highest BCUT2D eigenvalue weighted by molar-refractivity contribution is 14.1. The highest BCUT2D eigenvalue weighted by Crippen LogP contribution is 2.32. The molecular weight excluding hydrogens is 370 g/mol. The summed E-state index contributed by atoms with van der Waals surface area (Å²) in [5.74, 6) is -1.62. The van der Waals surface area contributed by atoms with Gasteiger partial charge in [-0.2, -0.15) is 0 Å². The van der Waals surface area contributed by atoms with E-state index in [2.05, 4.69) is 14.5 Å². The number of carbonyl (C=O) groups is 1. The number of hydrogen-bond donors (Lipinski definition) is 0. The van der Waals surface area contributed by atoms with E-state index in [0.717, 1.165) is 13.2 Å². The number of rotatable bonds is 3. The summed E-state index contributed by atoms with van der Waals surface area (Å²) in [6.45, 7) is 0. The Labute approximate surface area is 113 Å². The standard InChI is InChI=1S/C9H7F3INO4/c1-16-5-3-4(8(15)17-2)14-7(6(5)13)18-9(10,11)12/h3H,1-2H3. The molecule has 0 aromatic carbocycles. The molecule has 1 heterocycles. The van der Waals surface area contributed by atoms with Gasteiger partial charge in [-0.05, 0) is 22.6 Å². The van der Waals surface area contributed by atoms with Crippen LogP contribution < -0.4 is 9.47 Å². The van der Waals surface area contributed by atoms with Gasteiger partial charge in [0.15, 0.2) is 5.69 Å². The maximum Gasteiger partial charge on any atom is 0.574 e. The minimum Gasteiger partial charge on any atom is -0.495 e. The van der Waals surface area contributed by atoms with E-state index in [1.54, 1.807) is 22.6 Å². The molecule has 18 heavy (non-hydrogen) atoms. The summed E-state index contributed by atoms with van der Waals surface area (Å²) < 4.78 is 49.3. The molecule has 0 N–H and O–H groups in total. The Morgan fingerprint density at radius 2 is 2.00 bits per heavy atom. The number of hydrogen-bond acceptors (Lipinski definition) is 5. The molecule has 0 saturated carbocycles. The quantitative estimate of drug-likeness (QED) is 0.598. The number of ether oxygens (including phenoxy) is 3. The van der Waals surface area contributed by atoms with Crippen LogP contribution in [0.3, 0.4) is 0 Å². The molecule has 0 fully saturated rings. The van der Waals surface area contributed by atoms with E-state index < -0.39 is 18.2 Å². The molecule has 0 aliphatic rings. The Hall–Kier alpha value is -1.26. The van der Waals surface area contributed by atoms with Crippen molar-refractivity contribution in [1.82, 2.24) is 4.98 Å². The lowest BCUT2D eigenvalue weighted by molar-refractivity contribution is -0.276. The molecule has 100 valence electrons. The minimum absolute atomic E-state index is 0.0000723. The Morgan fingerprint density at radius 1 is 1.39 bits per heavy atom. The van der Waals surface area contributed by atoms with Crippen LogP contribution in [0.5, 0.6) is 11.6 Å². The second kappa shape index (κ2) is 5.59. The van der Waals surface area contributed by atoms with E-state index in [4.69, 9.17) is 4.74 Å². The van der Waals surface area contributed by atoms with Crippen molar-refractivity contribution in [2.45, 2.75) is 6.36 Å². The molecule has 0 bridgehead atoms. The predicted molar refractivity (Wildman–Crippen MR) is 61.5 cm³/mol. The van der Waals surface area contributed by atoms with Crippen LogP contribution in [0.25, 0.3) is 0 Å². The SMILES string of the molecule is COC(=O)c1cc(OC)c(I)c(OC(F)(F)F)n1. The monoisotopic (exact) mass is 377 g/mol. The van der Waals surface area contributed by atoms with Crippen LogP contribution in [-0.2, 0) is 4.74 Å². The number of alkyl halides is 3. The predicted octanol–water partition coefficient (Wildman–Crippen LogP) is 2.38. The van der Waals surface area contributed by atoms with Gasteiger partial charge in [-0.25, -0.2) is 9.78 Å². The second-order valence-electron chi connectivity index (χ2n) is 2.87. The minimum atomic E-state index is -4.91. The van der Waals surface area contributed by atoms with E-state index in [1.807, 2.05) is 0 Å². The summed E-state index contributed by atoms with van der Waals surface area (Å²) in [5, 5.41) is 0. The summed E-state index contributed by atoms with van der Waals surface area (Å²) in [6.07, 6.45) is -4.91. The first-order valence-electron chi connectivity index (χ1n) is 4.37. The second-order valence-corrected chi connectivity index (χ2v) is 3.95. The van der Waals surface area contributed by atoms with Gasteiger partial charge in [0.2, 0.25) is 5.88 Å². The molecule has 0 spiro atoms. The topological polar surface area (TPSA) is 57.7 Å². The third-order valence-electron chi connectivity index (χ3n) is 1.72. The van der Waals surface area contributed by atoms with E-state index in [1.165, 1.54) is 7.11 Å². The number of pyridine rings is 1. The van der Waals surface area contributed by atoms with Crippen molar-refractivity contribution in [2.75, 3.05) is 14.2 Å². The van der Waals surface area contributed by atoms with Crippen LogP contribution in [-0.4, -0.2) is 31.5 Å². The fraction of sp³-hybridized carbons (Fsp3) is 0.333. The zero-order chi connectivity index (χ0) is 13.9.